The lowest BCUT2D eigenvalue weighted by Gasteiger charge is -1.96. The summed E-state index contributed by atoms with van der Waals surface area (Å²) >= 11 is 1.49. The molecule has 0 saturated heterocycles. The molecule has 1 N–H and O–H groups in total. The second-order valence-corrected chi connectivity index (χ2v) is 6.26. The molecular formula is C14H13FN4OS. The van der Waals surface area contributed by atoms with Crippen molar-refractivity contribution in [3.63, 3.8) is 0 Å². The van der Waals surface area contributed by atoms with Crippen molar-refractivity contribution < 1.29 is 8.91 Å². The molecule has 3 aromatic rings. The van der Waals surface area contributed by atoms with Gasteiger partial charge in [-0.15, -0.1) is 11.3 Å². The van der Waals surface area contributed by atoms with Crippen LogP contribution in [-0.2, 0) is 13.1 Å². The monoisotopic (exact) mass is 304 g/mol. The van der Waals surface area contributed by atoms with Gasteiger partial charge in [0, 0.05) is 12.5 Å². The second kappa shape index (κ2) is 5.16. The highest BCUT2D eigenvalue weighted by Gasteiger charge is 2.29. The van der Waals surface area contributed by atoms with E-state index >= 15 is 0 Å². The molecule has 4 rings (SSSR count). The van der Waals surface area contributed by atoms with E-state index in [1.807, 2.05) is 0 Å². The minimum absolute atomic E-state index is 0.231. The molecule has 1 aliphatic carbocycles. The van der Waals surface area contributed by atoms with Gasteiger partial charge in [0.2, 0.25) is 5.89 Å². The highest BCUT2D eigenvalue weighted by atomic mass is 32.1. The van der Waals surface area contributed by atoms with Gasteiger partial charge in [-0.2, -0.15) is 4.98 Å². The first-order valence-electron chi connectivity index (χ1n) is 6.86. The molecule has 0 amide bonds. The second-order valence-electron chi connectivity index (χ2n) is 5.15. The van der Waals surface area contributed by atoms with Crippen LogP contribution in [0.1, 0.15) is 35.5 Å². The first-order valence-corrected chi connectivity index (χ1v) is 7.68. The Kier molecular flexibility index (Phi) is 3.16. The molecule has 0 aliphatic heterocycles. The summed E-state index contributed by atoms with van der Waals surface area (Å²) in [5.41, 5.74) is 0.828. The van der Waals surface area contributed by atoms with Gasteiger partial charge >= 0.3 is 0 Å². The minimum Gasteiger partial charge on any atom is -0.339 e. The summed E-state index contributed by atoms with van der Waals surface area (Å²) in [5.74, 6) is 1.67. The number of rotatable bonds is 5. The van der Waals surface area contributed by atoms with E-state index in [4.69, 9.17) is 4.52 Å². The molecule has 1 fully saturated rings. The van der Waals surface area contributed by atoms with Gasteiger partial charge < -0.3 is 9.84 Å². The fraction of sp³-hybridized carbons (Fsp3) is 0.357. The van der Waals surface area contributed by atoms with Gasteiger partial charge in [0.15, 0.2) is 5.82 Å². The minimum atomic E-state index is -0.231. The zero-order valence-electron chi connectivity index (χ0n) is 11.2. The highest BCUT2D eigenvalue weighted by Crippen LogP contribution is 2.38. The molecule has 2 heterocycles. The van der Waals surface area contributed by atoms with Crippen LogP contribution in [0.4, 0.5) is 4.39 Å². The van der Waals surface area contributed by atoms with Crippen molar-refractivity contribution >= 4 is 21.6 Å². The Hall–Kier alpha value is -1.86. The molecule has 5 nitrogen and oxygen atoms in total. The molecule has 0 atom stereocenters. The summed E-state index contributed by atoms with van der Waals surface area (Å²) in [6, 6.07) is 4.64. The SMILES string of the molecule is Fc1ccc2nc(CNCc3noc(C4CC4)n3)sc2c1. The van der Waals surface area contributed by atoms with Crippen molar-refractivity contribution in [2.45, 2.75) is 31.8 Å². The molecule has 1 aliphatic rings. The largest absolute Gasteiger partial charge is 0.339 e. The molecule has 21 heavy (non-hydrogen) atoms. The van der Waals surface area contributed by atoms with Crippen LogP contribution in [-0.4, -0.2) is 15.1 Å². The standard InChI is InChI=1S/C14H13FN4OS/c15-9-3-4-10-11(5-9)21-13(17-10)7-16-6-12-18-14(20-19-12)8-1-2-8/h3-5,8,16H,1-2,6-7H2. The summed E-state index contributed by atoms with van der Waals surface area (Å²) in [4.78, 5) is 8.80. The number of nitrogens with one attached hydrogen (secondary N) is 1. The third-order valence-corrected chi connectivity index (χ3v) is 4.38. The maximum Gasteiger partial charge on any atom is 0.229 e. The van der Waals surface area contributed by atoms with Gasteiger partial charge in [0.1, 0.15) is 10.8 Å². The van der Waals surface area contributed by atoms with Crippen LogP contribution < -0.4 is 5.32 Å². The average Bonchev–Trinajstić information content (AvgIpc) is 3.08. The number of aromatic nitrogens is 3. The van der Waals surface area contributed by atoms with Gasteiger partial charge in [-0.3, -0.25) is 0 Å². The summed E-state index contributed by atoms with van der Waals surface area (Å²) in [5, 5.41) is 8.10. The Bertz CT molecular complexity index is 780. The van der Waals surface area contributed by atoms with E-state index in [-0.39, 0.29) is 5.82 Å². The summed E-state index contributed by atoms with van der Waals surface area (Å²) < 4.78 is 19.2. The Morgan fingerprint density at radius 3 is 3.05 bits per heavy atom. The third-order valence-electron chi connectivity index (χ3n) is 3.36. The van der Waals surface area contributed by atoms with Gasteiger partial charge in [0.05, 0.1) is 16.8 Å². The first-order chi connectivity index (χ1) is 10.3. The molecule has 0 bridgehead atoms. The topological polar surface area (TPSA) is 63.8 Å². The lowest BCUT2D eigenvalue weighted by molar-refractivity contribution is 0.372. The van der Waals surface area contributed by atoms with Crippen molar-refractivity contribution in [3.8, 4) is 0 Å². The van der Waals surface area contributed by atoms with Crippen LogP contribution >= 0.6 is 11.3 Å². The van der Waals surface area contributed by atoms with E-state index in [1.54, 1.807) is 6.07 Å². The molecule has 7 heteroatoms. The van der Waals surface area contributed by atoms with Crippen molar-refractivity contribution in [2.24, 2.45) is 0 Å². The fourth-order valence-corrected chi connectivity index (χ4v) is 3.10. The van der Waals surface area contributed by atoms with Gasteiger partial charge in [-0.1, -0.05) is 5.16 Å². The summed E-state index contributed by atoms with van der Waals surface area (Å²) in [6.45, 7) is 1.15. The van der Waals surface area contributed by atoms with E-state index < -0.39 is 0 Å². The van der Waals surface area contributed by atoms with E-state index in [0.29, 0.717) is 24.8 Å². The number of fused-ring (bicyclic) bond motifs is 1. The zero-order chi connectivity index (χ0) is 14.2. The van der Waals surface area contributed by atoms with E-state index in [1.165, 1.54) is 23.5 Å². The summed E-state index contributed by atoms with van der Waals surface area (Å²) in [6.07, 6.45) is 2.30. The molecule has 0 radical (unpaired) electrons. The lowest BCUT2D eigenvalue weighted by Crippen LogP contribution is -2.13. The van der Waals surface area contributed by atoms with Crippen molar-refractivity contribution in [3.05, 3.63) is 40.7 Å². The number of thiazole rings is 1. The molecule has 0 spiro atoms. The fourth-order valence-electron chi connectivity index (χ4n) is 2.14. The Labute approximate surface area is 124 Å². The van der Waals surface area contributed by atoms with Gasteiger partial charge in [-0.25, -0.2) is 9.37 Å². The molecule has 0 unspecified atom stereocenters. The first kappa shape index (κ1) is 12.8. The lowest BCUT2D eigenvalue weighted by atomic mass is 10.3. The normalized spacial score (nSPS) is 14.9. The predicted octanol–water partition coefficient (Wildman–Crippen LogP) is 2.99. The quantitative estimate of drug-likeness (QED) is 0.785. The Morgan fingerprint density at radius 2 is 2.19 bits per heavy atom. The van der Waals surface area contributed by atoms with Crippen LogP contribution in [0.2, 0.25) is 0 Å². The maximum atomic E-state index is 13.1. The van der Waals surface area contributed by atoms with Gasteiger partial charge in [0.25, 0.3) is 0 Å². The molecule has 1 saturated carbocycles. The zero-order valence-corrected chi connectivity index (χ0v) is 12.0. The van der Waals surface area contributed by atoms with E-state index in [2.05, 4.69) is 20.4 Å². The predicted molar refractivity (Wildman–Crippen MR) is 76.4 cm³/mol. The molecule has 2 aromatic heterocycles. The van der Waals surface area contributed by atoms with E-state index in [0.717, 1.165) is 34.0 Å². The van der Waals surface area contributed by atoms with Gasteiger partial charge in [-0.05, 0) is 31.0 Å². The van der Waals surface area contributed by atoms with Crippen molar-refractivity contribution in [1.82, 2.24) is 20.4 Å². The Balaban J connectivity index is 1.38. The summed E-state index contributed by atoms with van der Waals surface area (Å²) in [7, 11) is 0. The number of halogens is 1. The smallest absolute Gasteiger partial charge is 0.229 e. The Morgan fingerprint density at radius 1 is 1.29 bits per heavy atom. The van der Waals surface area contributed by atoms with Crippen LogP contribution in [0.3, 0.4) is 0 Å². The van der Waals surface area contributed by atoms with Crippen molar-refractivity contribution in [2.75, 3.05) is 0 Å². The van der Waals surface area contributed by atoms with Crippen LogP contribution in [0.25, 0.3) is 10.2 Å². The van der Waals surface area contributed by atoms with Crippen molar-refractivity contribution in [1.29, 1.82) is 0 Å². The number of hydrogen-bond acceptors (Lipinski definition) is 6. The van der Waals surface area contributed by atoms with E-state index in [9.17, 15) is 4.39 Å². The van der Waals surface area contributed by atoms with Crippen LogP contribution in [0, 0.1) is 5.82 Å². The number of benzene rings is 1. The number of hydrogen-bond donors (Lipinski definition) is 1. The average molecular weight is 304 g/mol. The molecule has 1 aromatic carbocycles. The van der Waals surface area contributed by atoms with Crippen LogP contribution in [0.15, 0.2) is 22.7 Å². The maximum absolute atomic E-state index is 13.1. The molecular weight excluding hydrogens is 291 g/mol. The third kappa shape index (κ3) is 2.79. The number of nitrogens with zero attached hydrogens (tertiary/aromatic N) is 3. The van der Waals surface area contributed by atoms with Crippen LogP contribution in [0.5, 0.6) is 0 Å². The molecule has 108 valence electrons. The highest BCUT2D eigenvalue weighted by molar-refractivity contribution is 7.18.